The van der Waals surface area contributed by atoms with Gasteiger partial charge in [0.1, 0.15) is 23.1 Å². The first-order valence-corrected chi connectivity index (χ1v) is 10.1. The molecule has 10 heteroatoms. The summed E-state index contributed by atoms with van der Waals surface area (Å²) in [7, 11) is 1.50. The predicted molar refractivity (Wildman–Crippen MR) is 114 cm³/mol. The maximum atomic E-state index is 15.1. The number of hydrogen-bond acceptors (Lipinski definition) is 4. The lowest BCUT2D eigenvalue weighted by molar-refractivity contribution is -0.0214. The SMILES string of the molecule is CNC(=N)c1cc(F)c(-c2nc3cc(C)ccn3c2C[C@H]2CN(C(=O)O)CCO2)c(F)c1. The summed E-state index contributed by atoms with van der Waals surface area (Å²) in [6.07, 6.45) is 0.473. The summed E-state index contributed by atoms with van der Waals surface area (Å²) in [4.78, 5) is 17.1. The van der Waals surface area contributed by atoms with Crippen LogP contribution in [0.25, 0.3) is 16.9 Å². The van der Waals surface area contributed by atoms with Crippen LogP contribution in [0.4, 0.5) is 13.6 Å². The van der Waals surface area contributed by atoms with E-state index in [0.29, 0.717) is 11.3 Å². The minimum absolute atomic E-state index is 0.0834. The summed E-state index contributed by atoms with van der Waals surface area (Å²) in [6.45, 7) is 2.55. The summed E-state index contributed by atoms with van der Waals surface area (Å²) in [6, 6.07) is 5.86. The smallest absolute Gasteiger partial charge is 0.407 e. The van der Waals surface area contributed by atoms with Gasteiger partial charge in [-0.1, -0.05) is 0 Å². The Morgan fingerprint density at radius 3 is 2.72 bits per heavy atom. The topological polar surface area (TPSA) is 103 Å². The van der Waals surface area contributed by atoms with E-state index in [2.05, 4.69) is 10.3 Å². The van der Waals surface area contributed by atoms with Gasteiger partial charge in [0, 0.05) is 31.8 Å². The Labute approximate surface area is 183 Å². The molecule has 4 rings (SSSR count). The van der Waals surface area contributed by atoms with Crippen LogP contribution >= 0.6 is 0 Å². The minimum atomic E-state index is -1.04. The highest BCUT2D eigenvalue weighted by molar-refractivity contribution is 5.96. The molecule has 1 aromatic carbocycles. The minimum Gasteiger partial charge on any atom is -0.465 e. The van der Waals surface area contributed by atoms with E-state index in [1.165, 1.54) is 11.9 Å². The van der Waals surface area contributed by atoms with Crippen molar-refractivity contribution in [2.75, 3.05) is 26.7 Å². The molecule has 3 N–H and O–H groups in total. The fraction of sp³-hybridized carbons (Fsp3) is 0.318. The highest BCUT2D eigenvalue weighted by Gasteiger charge is 2.28. The molecule has 1 aliphatic heterocycles. The highest BCUT2D eigenvalue weighted by atomic mass is 19.1. The number of rotatable bonds is 4. The van der Waals surface area contributed by atoms with Gasteiger partial charge in [-0.05, 0) is 36.8 Å². The van der Waals surface area contributed by atoms with Crippen molar-refractivity contribution >= 4 is 17.6 Å². The molecule has 3 aromatic rings. The second-order valence-electron chi connectivity index (χ2n) is 7.70. The van der Waals surface area contributed by atoms with Crippen molar-refractivity contribution in [1.29, 1.82) is 5.41 Å². The van der Waals surface area contributed by atoms with Crippen LogP contribution in [0.15, 0.2) is 30.5 Å². The van der Waals surface area contributed by atoms with E-state index >= 15 is 8.78 Å². The highest BCUT2D eigenvalue weighted by Crippen LogP contribution is 2.32. The lowest BCUT2D eigenvalue weighted by Gasteiger charge is -2.31. The van der Waals surface area contributed by atoms with Crippen molar-refractivity contribution in [3.05, 3.63) is 58.9 Å². The first kappa shape index (κ1) is 21.7. The first-order chi connectivity index (χ1) is 15.3. The molecule has 2 aromatic heterocycles. The van der Waals surface area contributed by atoms with E-state index in [1.807, 2.05) is 13.0 Å². The molecule has 0 bridgehead atoms. The third-order valence-corrected chi connectivity index (χ3v) is 5.53. The number of aryl methyl sites for hydroxylation is 1. The maximum absolute atomic E-state index is 15.1. The molecule has 8 nitrogen and oxygen atoms in total. The molecule has 1 amide bonds. The number of fused-ring (bicyclic) bond motifs is 1. The Bertz CT molecular complexity index is 1190. The third-order valence-electron chi connectivity index (χ3n) is 5.53. The monoisotopic (exact) mass is 443 g/mol. The number of nitrogens with one attached hydrogen (secondary N) is 2. The Morgan fingerprint density at radius 1 is 1.34 bits per heavy atom. The van der Waals surface area contributed by atoms with Crippen LogP contribution in [0.2, 0.25) is 0 Å². The summed E-state index contributed by atoms with van der Waals surface area (Å²) >= 11 is 0. The maximum Gasteiger partial charge on any atom is 0.407 e. The summed E-state index contributed by atoms with van der Waals surface area (Å²) in [5, 5.41) is 19.7. The van der Waals surface area contributed by atoms with Crippen molar-refractivity contribution < 1.29 is 23.4 Å². The van der Waals surface area contributed by atoms with Gasteiger partial charge in [-0.3, -0.25) is 5.41 Å². The van der Waals surface area contributed by atoms with Crippen LogP contribution in [0.5, 0.6) is 0 Å². The summed E-state index contributed by atoms with van der Waals surface area (Å²) < 4.78 is 37.7. The van der Waals surface area contributed by atoms with Gasteiger partial charge in [0.15, 0.2) is 0 Å². The van der Waals surface area contributed by atoms with E-state index < -0.39 is 23.8 Å². The molecule has 1 saturated heterocycles. The molecule has 1 fully saturated rings. The van der Waals surface area contributed by atoms with E-state index in [-0.39, 0.29) is 48.8 Å². The van der Waals surface area contributed by atoms with Crippen LogP contribution in [0, 0.1) is 24.0 Å². The number of imidazole rings is 1. The lowest BCUT2D eigenvalue weighted by atomic mass is 10.0. The van der Waals surface area contributed by atoms with Crippen molar-refractivity contribution in [1.82, 2.24) is 19.6 Å². The second kappa shape index (κ2) is 8.54. The molecule has 0 saturated carbocycles. The number of hydrogen-bond donors (Lipinski definition) is 3. The lowest BCUT2D eigenvalue weighted by Crippen LogP contribution is -2.45. The number of carbonyl (C=O) groups is 1. The molecule has 1 atom stereocenters. The fourth-order valence-electron chi connectivity index (χ4n) is 3.91. The fourth-order valence-corrected chi connectivity index (χ4v) is 3.91. The normalized spacial score (nSPS) is 16.4. The molecule has 0 radical (unpaired) electrons. The van der Waals surface area contributed by atoms with E-state index in [0.717, 1.165) is 17.7 Å². The van der Waals surface area contributed by atoms with Crippen LogP contribution in [0.1, 0.15) is 16.8 Å². The van der Waals surface area contributed by atoms with Crippen LogP contribution in [0.3, 0.4) is 0 Å². The van der Waals surface area contributed by atoms with Gasteiger partial charge in [0.25, 0.3) is 0 Å². The number of benzene rings is 1. The van der Waals surface area contributed by atoms with Crippen molar-refractivity contribution in [2.24, 2.45) is 0 Å². The predicted octanol–water partition coefficient (Wildman–Crippen LogP) is 3.05. The van der Waals surface area contributed by atoms with Crippen LogP contribution in [-0.4, -0.2) is 64.2 Å². The average molecular weight is 443 g/mol. The zero-order valence-electron chi connectivity index (χ0n) is 17.7. The quantitative estimate of drug-likeness (QED) is 0.425. The number of halogens is 2. The molecule has 32 heavy (non-hydrogen) atoms. The number of carboxylic acid groups (broad SMARTS) is 1. The van der Waals surface area contributed by atoms with Gasteiger partial charge in [-0.25, -0.2) is 18.6 Å². The largest absolute Gasteiger partial charge is 0.465 e. The zero-order valence-corrected chi connectivity index (χ0v) is 17.7. The summed E-state index contributed by atoms with van der Waals surface area (Å²) in [5.74, 6) is -1.78. The number of aromatic nitrogens is 2. The number of amides is 1. The first-order valence-electron chi connectivity index (χ1n) is 10.1. The molecule has 0 spiro atoms. The van der Waals surface area contributed by atoms with Gasteiger partial charge < -0.3 is 24.5 Å². The third kappa shape index (κ3) is 4.01. The molecule has 0 unspecified atom stereocenters. The van der Waals surface area contributed by atoms with Crippen LogP contribution in [-0.2, 0) is 11.2 Å². The van der Waals surface area contributed by atoms with Crippen molar-refractivity contribution in [3.8, 4) is 11.3 Å². The molecule has 0 aliphatic carbocycles. The number of ether oxygens (including phenoxy) is 1. The Balaban J connectivity index is 1.82. The molecular formula is C22H23F2N5O3. The molecule has 1 aliphatic rings. The molecule has 168 valence electrons. The number of amidine groups is 1. The molecular weight excluding hydrogens is 420 g/mol. The Hall–Kier alpha value is -3.53. The van der Waals surface area contributed by atoms with Crippen LogP contribution < -0.4 is 5.32 Å². The number of pyridine rings is 1. The Morgan fingerprint density at radius 2 is 2.06 bits per heavy atom. The van der Waals surface area contributed by atoms with E-state index in [1.54, 1.807) is 16.7 Å². The number of nitrogens with zero attached hydrogens (tertiary/aromatic N) is 3. The zero-order chi connectivity index (χ0) is 23.0. The second-order valence-corrected chi connectivity index (χ2v) is 7.70. The van der Waals surface area contributed by atoms with Gasteiger partial charge in [-0.15, -0.1) is 0 Å². The van der Waals surface area contributed by atoms with Gasteiger partial charge in [0.05, 0.1) is 36.2 Å². The average Bonchev–Trinajstić information content (AvgIpc) is 3.09. The Kier molecular flexibility index (Phi) is 5.79. The van der Waals surface area contributed by atoms with Crippen molar-refractivity contribution in [3.63, 3.8) is 0 Å². The molecule has 3 heterocycles. The van der Waals surface area contributed by atoms with E-state index in [9.17, 15) is 9.90 Å². The van der Waals surface area contributed by atoms with Gasteiger partial charge >= 0.3 is 6.09 Å². The summed E-state index contributed by atoms with van der Waals surface area (Å²) in [5.41, 5.74) is 1.90. The van der Waals surface area contributed by atoms with Crippen molar-refractivity contribution in [2.45, 2.75) is 19.4 Å². The van der Waals surface area contributed by atoms with Gasteiger partial charge in [-0.2, -0.15) is 0 Å². The number of morpholine rings is 1. The van der Waals surface area contributed by atoms with E-state index in [4.69, 9.17) is 10.1 Å². The standard InChI is InChI=1S/C22H23F2N5O3/c1-12-3-4-29-17(10-14-11-28(22(30)31)5-6-32-14)20(27-18(29)7-12)19-15(23)8-13(9-16(19)24)21(25)26-2/h3-4,7-9,14H,5-6,10-11H2,1-2H3,(H2,25,26)(H,30,31)/t14-/m0/s1. The van der Waals surface area contributed by atoms with Gasteiger partial charge in [0.2, 0.25) is 0 Å².